The molecule has 1 aliphatic heterocycles. The first kappa shape index (κ1) is 15.7. The van der Waals surface area contributed by atoms with Gasteiger partial charge in [-0.3, -0.25) is 16.0 Å². The van der Waals surface area contributed by atoms with Gasteiger partial charge in [0.05, 0.1) is 10.6 Å². The molecule has 0 amide bonds. The van der Waals surface area contributed by atoms with Crippen LogP contribution in [-0.2, 0) is 10.0 Å². The first-order valence-corrected chi connectivity index (χ1v) is 8.05. The Morgan fingerprint density at radius 3 is 2.52 bits per heavy atom. The minimum atomic E-state index is -3.70. The number of hydrogen-bond acceptors (Lipinski definition) is 6. The van der Waals surface area contributed by atoms with Crippen molar-refractivity contribution < 1.29 is 13.3 Å². The van der Waals surface area contributed by atoms with Crippen LogP contribution in [0.3, 0.4) is 0 Å². The second-order valence-corrected chi connectivity index (χ2v) is 7.07. The maximum atomic E-state index is 12.6. The van der Waals surface area contributed by atoms with Crippen molar-refractivity contribution in [2.75, 3.05) is 18.5 Å². The van der Waals surface area contributed by atoms with Gasteiger partial charge in [0.15, 0.2) is 0 Å². The fourth-order valence-corrected chi connectivity index (χ4v) is 3.94. The van der Waals surface area contributed by atoms with E-state index in [-0.39, 0.29) is 16.3 Å². The van der Waals surface area contributed by atoms with Crippen molar-refractivity contribution in [3.63, 3.8) is 0 Å². The van der Waals surface area contributed by atoms with Gasteiger partial charge >= 0.3 is 0 Å². The van der Waals surface area contributed by atoms with Gasteiger partial charge in [-0.05, 0) is 24.8 Å². The number of sulfonamides is 1. The summed E-state index contributed by atoms with van der Waals surface area (Å²) in [7, 11) is -3.70. The molecular formula is C12H18N4O4S. The van der Waals surface area contributed by atoms with E-state index in [0.29, 0.717) is 19.0 Å². The van der Waals surface area contributed by atoms with Gasteiger partial charge < -0.3 is 5.43 Å². The summed E-state index contributed by atoms with van der Waals surface area (Å²) in [6.45, 7) is 2.98. The van der Waals surface area contributed by atoms with Gasteiger partial charge in [0.2, 0.25) is 10.0 Å². The lowest BCUT2D eigenvalue weighted by Gasteiger charge is -2.29. The van der Waals surface area contributed by atoms with E-state index < -0.39 is 14.9 Å². The van der Waals surface area contributed by atoms with Crippen molar-refractivity contribution in [1.29, 1.82) is 0 Å². The molecule has 2 rings (SSSR count). The number of rotatable bonds is 4. The summed E-state index contributed by atoms with van der Waals surface area (Å²) >= 11 is 0. The molecule has 1 saturated heterocycles. The third kappa shape index (κ3) is 3.14. The number of piperidine rings is 1. The smallest absolute Gasteiger partial charge is 0.271 e. The molecule has 0 aliphatic carbocycles. The highest BCUT2D eigenvalue weighted by atomic mass is 32.2. The Bertz CT molecular complexity index is 639. The zero-order valence-electron chi connectivity index (χ0n) is 11.7. The molecule has 0 aromatic heterocycles. The van der Waals surface area contributed by atoms with Crippen LogP contribution >= 0.6 is 0 Å². The van der Waals surface area contributed by atoms with Crippen LogP contribution in [0.25, 0.3) is 0 Å². The molecule has 1 fully saturated rings. The Morgan fingerprint density at radius 2 is 2.00 bits per heavy atom. The fraction of sp³-hybridized carbons (Fsp3) is 0.500. The summed E-state index contributed by atoms with van der Waals surface area (Å²) < 4.78 is 26.6. The predicted octanol–water partition coefficient (Wildman–Crippen LogP) is 1.30. The van der Waals surface area contributed by atoms with Crippen LogP contribution in [0, 0.1) is 16.0 Å². The number of hydrogen-bond donors (Lipinski definition) is 2. The molecule has 21 heavy (non-hydrogen) atoms. The zero-order chi connectivity index (χ0) is 15.6. The van der Waals surface area contributed by atoms with E-state index in [1.807, 2.05) is 0 Å². The lowest BCUT2D eigenvalue weighted by atomic mass is 10.0. The molecule has 0 spiro atoms. The Labute approximate surface area is 123 Å². The second-order valence-electron chi connectivity index (χ2n) is 5.17. The number of nitrogens with zero attached hydrogens (tertiary/aromatic N) is 2. The zero-order valence-corrected chi connectivity index (χ0v) is 12.5. The van der Waals surface area contributed by atoms with Gasteiger partial charge in [0.25, 0.3) is 5.69 Å². The summed E-state index contributed by atoms with van der Waals surface area (Å²) in [4.78, 5) is 10.1. The molecule has 116 valence electrons. The first-order chi connectivity index (χ1) is 9.86. The van der Waals surface area contributed by atoms with Gasteiger partial charge in [-0.2, -0.15) is 4.31 Å². The number of nitrogens with one attached hydrogen (secondary N) is 1. The SMILES string of the molecule is CC1CCN(S(=O)(=O)c2ccc([N+](=O)[O-])cc2NN)CC1. The summed E-state index contributed by atoms with van der Waals surface area (Å²) in [5.74, 6) is 5.81. The molecule has 0 saturated carbocycles. The molecule has 1 aromatic rings. The Hall–Kier alpha value is -1.71. The summed E-state index contributed by atoms with van der Waals surface area (Å²) in [5, 5.41) is 10.7. The van der Waals surface area contributed by atoms with Gasteiger partial charge in [-0.25, -0.2) is 8.42 Å². The van der Waals surface area contributed by atoms with Crippen molar-refractivity contribution >= 4 is 21.4 Å². The second kappa shape index (κ2) is 5.96. The van der Waals surface area contributed by atoms with E-state index in [9.17, 15) is 18.5 Å². The highest BCUT2D eigenvalue weighted by Crippen LogP contribution is 2.30. The third-order valence-corrected chi connectivity index (χ3v) is 5.65. The average Bonchev–Trinajstić information content (AvgIpc) is 2.46. The fourth-order valence-electron chi connectivity index (χ4n) is 2.33. The van der Waals surface area contributed by atoms with Crippen LogP contribution in [-0.4, -0.2) is 30.7 Å². The quantitative estimate of drug-likeness (QED) is 0.491. The molecule has 1 aliphatic rings. The van der Waals surface area contributed by atoms with E-state index in [2.05, 4.69) is 12.3 Å². The van der Waals surface area contributed by atoms with Crippen LogP contribution in [0.15, 0.2) is 23.1 Å². The third-order valence-electron chi connectivity index (χ3n) is 3.69. The van der Waals surface area contributed by atoms with Gasteiger partial charge in [0.1, 0.15) is 4.90 Å². The minimum absolute atomic E-state index is 0.0304. The Kier molecular flexibility index (Phi) is 4.45. The molecule has 0 atom stereocenters. The normalized spacial score (nSPS) is 17.6. The molecule has 0 radical (unpaired) electrons. The molecule has 8 nitrogen and oxygen atoms in total. The van der Waals surface area contributed by atoms with E-state index in [4.69, 9.17) is 5.84 Å². The minimum Gasteiger partial charge on any atom is -0.323 e. The summed E-state index contributed by atoms with van der Waals surface area (Å²) in [5.41, 5.74) is 2.05. The van der Waals surface area contributed by atoms with Gasteiger partial charge in [-0.1, -0.05) is 6.92 Å². The molecule has 1 aromatic carbocycles. The number of benzene rings is 1. The topological polar surface area (TPSA) is 119 Å². The summed E-state index contributed by atoms with van der Waals surface area (Å²) in [6.07, 6.45) is 1.61. The van der Waals surface area contributed by atoms with E-state index in [0.717, 1.165) is 18.9 Å². The molecule has 1 heterocycles. The number of nitrogen functional groups attached to an aromatic ring is 1. The van der Waals surface area contributed by atoms with Crippen LogP contribution in [0.4, 0.5) is 11.4 Å². The van der Waals surface area contributed by atoms with Crippen LogP contribution < -0.4 is 11.3 Å². The number of nitro groups is 1. The summed E-state index contributed by atoms with van der Waals surface area (Å²) in [6, 6.07) is 3.51. The van der Waals surface area contributed by atoms with Crippen molar-refractivity contribution in [1.82, 2.24) is 4.31 Å². The van der Waals surface area contributed by atoms with Crippen molar-refractivity contribution in [2.24, 2.45) is 11.8 Å². The lowest BCUT2D eigenvalue weighted by molar-refractivity contribution is -0.384. The highest BCUT2D eigenvalue weighted by Gasteiger charge is 2.30. The molecule has 3 N–H and O–H groups in total. The highest BCUT2D eigenvalue weighted by molar-refractivity contribution is 7.89. The van der Waals surface area contributed by atoms with Crippen LogP contribution in [0.1, 0.15) is 19.8 Å². The number of non-ortho nitro benzene ring substituents is 1. The van der Waals surface area contributed by atoms with E-state index in [1.165, 1.54) is 16.4 Å². The van der Waals surface area contributed by atoms with Crippen molar-refractivity contribution in [3.8, 4) is 0 Å². The molecule has 0 unspecified atom stereocenters. The van der Waals surface area contributed by atoms with Gasteiger partial charge in [0, 0.05) is 25.2 Å². The molecule has 9 heteroatoms. The maximum Gasteiger partial charge on any atom is 0.271 e. The Morgan fingerprint density at radius 1 is 1.38 bits per heavy atom. The monoisotopic (exact) mass is 314 g/mol. The largest absolute Gasteiger partial charge is 0.323 e. The number of nitro benzene ring substituents is 1. The standard InChI is InChI=1S/C12H18N4O4S/c1-9-4-6-15(7-5-9)21(19,20)12-3-2-10(16(17)18)8-11(12)14-13/h2-3,8-9,14H,4-7,13H2,1H3. The molecule has 0 bridgehead atoms. The molecular weight excluding hydrogens is 296 g/mol. The number of anilines is 1. The average molecular weight is 314 g/mol. The maximum absolute atomic E-state index is 12.6. The van der Waals surface area contributed by atoms with Crippen molar-refractivity contribution in [3.05, 3.63) is 28.3 Å². The van der Waals surface area contributed by atoms with E-state index >= 15 is 0 Å². The number of hydrazine groups is 1. The van der Waals surface area contributed by atoms with Crippen molar-refractivity contribution in [2.45, 2.75) is 24.7 Å². The van der Waals surface area contributed by atoms with Crippen LogP contribution in [0.2, 0.25) is 0 Å². The van der Waals surface area contributed by atoms with E-state index in [1.54, 1.807) is 0 Å². The van der Waals surface area contributed by atoms with Crippen LogP contribution in [0.5, 0.6) is 0 Å². The predicted molar refractivity (Wildman–Crippen MR) is 78.1 cm³/mol. The Balaban J connectivity index is 2.38. The first-order valence-electron chi connectivity index (χ1n) is 6.61. The van der Waals surface area contributed by atoms with Gasteiger partial charge in [-0.15, -0.1) is 0 Å². The number of nitrogens with two attached hydrogens (primary N) is 1. The lowest BCUT2D eigenvalue weighted by Crippen LogP contribution is -2.38.